The van der Waals surface area contributed by atoms with Crippen molar-refractivity contribution in [2.75, 3.05) is 0 Å². The normalized spacial score (nSPS) is 13.5. The zero-order valence-electron chi connectivity index (χ0n) is 16.0. The van der Waals surface area contributed by atoms with Gasteiger partial charge in [0.25, 0.3) is 0 Å². The molecule has 0 fully saturated rings. The van der Waals surface area contributed by atoms with Gasteiger partial charge < -0.3 is 4.57 Å². The molecule has 0 aliphatic rings. The first-order valence-electron chi connectivity index (χ1n) is 8.88. The van der Waals surface area contributed by atoms with Gasteiger partial charge in [-0.25, -0.2) is 17.5 Å². The average Bonchev–Trinajstić information content (AvgIpc) is 2.63. The van der Waals surface area contributed by atoms with Crippen LogP contribution >= 0.6 is 0 Å². The Hall–Kier alpha value is -2.72. The number of hydrogen-bond acceptors (Lipinski definition) is 3. The van der Waals surface area contributed by atoms with Gasteiger partial charge in [0, 0.05) is 24.0 Å². The molecule has 0 saturated heterocycles. The number of nitrogens with zero attached hydrogens (tertiary/aromatic N) is 1. The van der Waals surface area contributed by atoms with Crippen LogP contribution in [0.15, 0.2) is 58.2 Å². The molecule has 0 amide bonds. The lowest BCUT2D eigenvalue weighted by atomic mass is 10.1. The molecule has 1 heterocycles. The highest BCUT2D eigenvalue weighted by Crippen LogP contribution is 2.31. The lowest BCUT2D eigenvalue weighted by Gasteiger charge is -2.22. The maximum Gasteiger partial charge on any atom is 0.431 e. The van der Waals surface area contributed by atoms with E-state index < -0.39 is 39.2 Å². The zero-order valence-corrected chi connectivity index (χ0v) is 16.8. The number of aromatic nitrogens is 1. The standard InChI is InChI=1S/C20H18F4N2O3S/c1-12-3-8-17-16(9-12)18(27)10-19(20(22,23)24)26(17)11-13(2)25-30(28,29)15-6-4-14(21)5-7-15/h3-10,13,25H,11H2,1-2H3/t13-/m0/s1. The molecule has 160 valence electrons. The zero-order chi connectivity index (χ0) is 22.3. The van der Waals surface area contributed by atoms with Crippen LogP contribution in [0.1, 0.15) is 18.2 Å². The SMILES string of the molecule is Cc1ccc2c(c1)c(=O)cc(C(F)(F)F)n2C[C@H](C)NS(=O)(=O)c1ccc(F)cc1. The Morgan fingerprint density at radius 2 is 1.70 bits per heavy atom. The number of hydrogen-bond donors (Lipinski definition) is 1. The first kappa shape index (κ1) is 22.0. The predicted molar refractivity (Wildman–Crippen MR) is 104 cm³/mol. The minimum atomic E-state index is -4.81. The van der Waals surface area contributed by atoms with Gasteiger partial charge in [0.05, 0.1) is 10.4 Å². The van der Waals surface area contributed by atoms with E-state index in [4.69, 9.17) is 0 Å². The number of rotatable bonds is 5. The van der Waals surface area contributed by atoms with E-state index in [1.165, 1.54) is 19.1 Å². The van der Waals surface area contributed by atoms with Gasteiger partial charge in [0.2, 0.25) is 10.0 Å². The molecule has 30 heavy (non-hydrogen) atoms. The van der Waals surface area contributed by atoms with E-state index >= 15 is 0 Å². The summed E-state index contributed by atoms with van der Waals surface area (Å²) in [6, 6.07) is 8.08. The van der Waals surface area contributed by atoms with Crippen LogP contribution in [0.25, 0.3) is 10.9 Å². The minimum Gasteiger partial charge on any atom is -0.335 e. The van der Waals surface area contributed by atoms with Gasteiger partial charge in [0.15, 0.2) is 5.43 Å². The van der Waals surface area contributed by atoms with Crippen molar-refractivity contribution in [3.05, 3.63) is 75.8 Å². The van der Waals surface area contributed by atoms with E-state index in [0.29, 0.717) is 11.6 Å². The number of fused-ring (bicyclic) bond motifs is 1. The Bertz CT molecular complexity index is 1250. The Labute approximate surface area is 170 Å². The third-order valence-electron chi connectivity index (χ3n) is 4.49. The lowest BCUT2D eigenvalue weighted by Crippen LogP contribution is -2.37. The highest BCUT2D eigenvalue weighted by Gasteiger charge is 2.35. The molecule has 0 spiro atoms. The summed E-state index contributed by atoms with van der Waals surface area (Å²) >= 11 is 0. The highest BCUT2D eigenvalue weighted by atomic mass is 32.2. The highest BCUT2D eigenvalue weighted by molar-refractivity contribution is 7.89. The molecule has 0 saturated carbocycles. The number of nitrogens with one attached hydrogen (secondary N) is 1. The van der Waals surface area contributed by atoms with Crippen LogP contribution in [0.5, 0.6) is 0 Å². The van der Waals surface area contributed by atoms with Crippen molar-refractivity contribution in [3.63, 3.8) is 0 Å². The summed E-state index contributed by atoms with van der Waals surface area (Å²) in [4.78, 5) is 12.0. The number of alkyl halides is 3. The van der Waals surface area contributed by atoms with Crippen molar-refractivity contribution in [1.29, 1.82) is 0 Å². The van der Waals surface area contributed by atoms with Crippen molar-refractivity contribution in [1.82, 2.24) is 9.29 Å². The Balaban J connectivity index is 2.02. The Morgan fingerprint density at radius 1 is 1.07 bits per heavy atom. The van der Waals surface area contributed by atoms with Gasteiger partial charge in [-0.15, -0.1) is 0 Å². The second kappa shape index (κ2) is 7.84. The van der Waals surface area contributed by atoms with E-state index in [0.717, 1.165) is 28.8 Å². The number of benzene rings is 2. The Morgan fingerprint density at radius 3 is 2.30 bits per heavy atom. The monoisotopic (exact) mass is 442 g/mol. The van der Waals surface area contributed by atoms with Gasteiger partial charge in [-0.05, 0) is 50.2 Å². The van der Waals surface area contributed by atoms with Gasteiger partial charge in [-0.3, -0.25) is 4.79 Å². The maximum absolute atomic E-state index is 13.6. The van der Waals surface area contributed by atoms with Crippen molar-refractivity contribution in [3.8, 4) is 0 Å². The molecule has 5 nitrogen and oxygen atoms in total. The third kappa shape index (κ3) is 4.54. The molecule has 1 atom stereocenters. The number of halogens is 4. The van der Waals surface area contributed by atoms with Crippen LogP contribution in [-0.2, 0) is 22.7 Å². The molecule has 0 radical (unpaired) electrons. The molecular formula is C20H18F4N2O3S. The minimum absolute atomic E-state index is 0.0493. The largest absolute Gasteiger partial charge is 0.431 e. The number of aryl methyl sites for hydroxylation is 1. The van der Waals surface area contributed by atoms with Gasteiger partial charge in [0.1, 0.15) is 11.5 Å². The molecule has 1 N–H and O–H groups in total. The van der Waals surface area contributed by atoms with Crippen LogP contribution in [0.4, 0.5) is 17.6 Å². The van der Waals surface area contributed by atoms with Gasteiger partial charge in [-0.2, -0.15) is 13.2 Å². The number of sulfonamides is 1. The molecule has 3 aromatic rings. The second-order valence-electron chi connectivity index (χ2n) is 7.00. The summed E-state index contributed by atoms with van der Waals surface area (Å²) in [6.45, 7) is 2.73. The molecule has 1 aromatic heterocycles. The summed E-state index contributed by atoms with van der Waals surface area (Å²) in [6.07, 6.45) is -4.81. The van der Waals surface area contributed by atoms with E-state index in [1.54, 1.807) is 13.0 Å². The topological polar surface area (TPSA) is 68.2 Å². The molecule has 3 rings (SSSR count). The average molecular weight is 442 g/mol. The Kier molecular flexibility index (Phi) is 5.74. The smallest absolute Gasteiger partial charge is 0.335 e. The summed E-state index contributed by atoms with van der Waals surface area (Å²) in [7, 11) is -4.09. The quantitative estimate of drug-likeness (QED) is 0.611. The molecular weight excluding hydrogens is 424 g/mol. The van der Waals surface area contributed by atoms with Gasteiger partial charge in [-0.1, -0.05) is 11.6 Å². The lowest BCUT2D eigenvalue weighted by molar-refractivity contribution is -0.143. The van der Waals surface area contributed by atoms with E-state index in [1.807, 2.05) is 0 Å². The van der Waals surface area contributed by atoms with Crippen LogP contribution in [0.3, 0.4) is 0 Å². The van der Waals surface area contributed by atoms with Gasteiger partial charge >= 0.3 is 6.18 Å². The summed E-state index contributed by atoms with van der Waals surface area (Å²) in [5.74, 6) is -0.619. The first-order chi connectivity index (χ1) is 13.9. The fraction of sp³-hybridized carbons (Fsp3) is 0.250. The third-order valence-corrected chi connectivity index (χ3v) is 6.10. The molecule has 0 unspecified atom stereocenters. The van der Waals surface area contributed by atoms with Crippen LogP contribution in [-0.4, -0.2) is 19.0 Å². The van der Waals surface area contributed by atoms with E-state index in [-0.39, 0.29) is 22.3 Å². The number of pyridine rings is 1. The predicted octanol–water partition coefficient (Wildman–Crippen LogP) is 3.83. The fourth-order valence-electron chi connectivity index (χ4n) is 3.18. The van der Waals surface area contributed by atoms with Crippen molar-refractivity contribution in [2.45, 2.75) is 37.5 Å². The molecule has 2 aromatic carbocycles. The van der Waals surface area contributed by atoms with Crippen LogP contribution in [0.2, 0.25) is 0 Å². The van der Waals surface area contributed by atoms with E-state index in [9.17, 15) is 30.8 Å². The van der Waals surface area contributed by atoms with Crippen molar-refractivity contribution >= 4 is 20.9 Å². The van der Waals surface area contributed by atoms with Crippen LogP contribution < -0.4 is 10.2 Å². The van der Waals surface area contributed by atoms with Crippen molar-refractivity contribution < 1.29 is 26.0 Å². The molecule has 0 aliphatic heterocycles. The van der Waals surface area contributed by atoms with Crippen LogP contribution in [0, 0.1) is 12.7 Å². The molecule has 10 heteroatoms. The molecule has 0 bridgehead atoms. The summed E-state index contributed by atoms with van der Waals surface area (Å²) in [5, 5.41) is 0.108. The fourth-order valence-corrected chi connectivity index (χ4v) is 4.42. The maximum atomic E-state index is 13.6. The molecule has 0 aliphatic carbocycles. The summed E-state index contributed by atoms with van der Waals surface area (Å²) < 4.78 is 81.9. The van der Waals surface area contributed by atoms with E-state index in [2.05, 4.69) is 4.72 Å². The summed E-state index contributed by atoms with van der Waals surface area (Å²) in [5.41, 5.74) is -1.18. The second-order valence-corrected chi connectivity index (χ2v) is 8.71. The van der Waals surface area contributed by atoms with Crippen molar-refractivity contribution in [2.24, 2.45) is 0 Å². The first-order valence-corrected chi connectivity index (χ1v) is 10.4.